The van der Waals surface area contributed by atoms with Gasteiger partial charge in [0, 0.05) is 25.8 Å². The first-order valence-corrected chi connectivity index (χ1v) is 7.42. The van der Waals surface area contributed by atoms with Gasteiger partial charge in [-0.1, -0.05) is 6.07 Å². The quantitative estimate of drug-likeness (QED) is 0.833. The highest BCUT2D eigenvalue weighted by Crippen LogP contribution is 2.21. The van der Waals surface area contributed by atoms with Crippen LogP contribution < -0.4 is 10.6 Å². The third-order valence-corrected chi connectivity index (χ3v) is 4.91. The van der Waals surface area contributed by atoms with Gasteiger partial charge in [0.25, 0.3) is 0 Å². The van der Waals surface area contributed by atoms with E-state index in [2.05, 4.69) is 4.98 Å². The Balaban J connectivity index is 2.11. The number of nitrogens with zero attached hydrogens (tertiary/aromatic N) is 2. The third kappa shape index (κ3) is 2.76. The molecule has 2 heterocycles. The molecule has 1 aliphatic heterocycles. The molecule has 0 amide bonds. The number of nitrogens with two attached hydrogens (primary N) is 1. The molecule has 5 nitrogen and oxygen atoms in total. The van der Waals surface area contributed by atoms with Crippen molar-refractivity contribution in [2.75, 3.05) is 23.5 Å². The third-order valence-electron chi connectivity index (χ3n) is 3.16. The molecule has 0 aliphatic carbocycles. The molecule has 0 radical (unpaired) electrons. The van der Waals surface area contributed by atoms with E-state index in [-0.39, 0.29) is 17.5 Å². The lowest BCUT2D eigenvalue weighted by Gasteiger charge is -2.24. The van der Waals surface area contributed by atoms with Crippen molar-refractivity contribution in [3.63, 3.8) is 0 Å². The molecule has 94 valence electrons. The molecule has 1 unspecified atom stereocenters. The van der Waals surface area contributed by atoms with Gasteiger partial charge < -0.3 is 10.6 Å². The van der Waals surface area contributed by atoms with Crippen molar-refractivity contribution in [1.82, 2.24) is 4.98 Å². The Bertz CT molecular complexity index is 484. The van der Waals surface area contributed by atoms with Gasteiger partial charge in [-0.15, -0.1) is 0 Å². The Morgan fingerprint density at radius 2 is 2.29 bits per heavy atom. The zero-order valence-electron chi connectivity index (χ0n) is 9.83. The van der Waals surface area contributed by atoms with E-state index in [0.29, 0.717) is 13.0 Å². The largest absolute Gasteiger partial charge is 0.356 e. The van der Waals surface area contributed by atoms with Gasteiger partial charge in [0.2, 0.25) is 0 Å². The molecule has 0 spiro atoms. The minimum atomic E-state index is -2.85. The van der Waals surface area contributed by atoms with E-state index in [1.165, 1.54) is 0 Å². The van der Waals surface area contributed by atoms with E-state index >= 15 is 0 Å². The van der Waals surface area contributed by atoms with Crippen LogP contribution >= 0.6 is 0 Å². The number of pyridine rings is 1. The Morgan fingerprint density at radius 1 is 1.53 bits per heavy atom. The maximum absolute atomic E-state index is 11.4. The minimum Gasteiger partial charge on any atom is -0.356 e. The van der Waals surface area contributed by atoms with Crippen LogP contribution in [0.3, 0.4) is 0 Å². The molecule has 0 bridgehead atoms. The van der Waals surface area contributed by atoms with Crippen LogP contribution in [0, 0.1) is 0 Å². The fourth-order valence-corrected chi connectivity index (χ4v) is 3.79. The summed E-state index contributed by atoms with van der Waals surface area (Å²) in [6.07, 6.45) is 2.41. The SMILES string of the molecule is CN(c1ccc(CN)cn1)C1CCS(=O)(=O)C1. The Hall–Kier alpha value is -1.14. The van der Waals surface area contributed by atoms with Crippen LogP contribution in [0.1, 0.15) is 12.0 Å². The van der Waals surface area contributed by atoms with E-state index in [1.807, 2.05) is 24.1 Å². The maximum atomic E-state index is 11.4. The van der Waals surface area contributed by atoms with E-state index < -0.39 is 9.84 Å². The fraction of sp³-hybridized carbons (Fsp3) is 0.545. The predicted octanol–water partition coefficient (Wildman–Crippen LogP) is 0.164. The van der Waals surface area contributed by atoms with Gasteiger partial charge in [0.05, 0.1) is 11.5 Å². The van der Waals surface area contributed by atoms with Crippen molar-refractivity contribution in [1.29, 1.82) is 0 Å². The zero-order chi connectivity index (χ0) is 12.5. The van der Waals surface area contributed by atoms with Crippen molar-refractivity contribution in [3.05, 3.63) is 23.9 Å². The molecule has 1 saturated heterocycles. The number of hydrogen-bond donors (Lipinski definition) is 1. The van der Waals surface area contributed by atoms with Gasteiger partial charge in [0.1, 0.15) is 5.82 Å². The van der Waals surface area contributed by atoms with Crippen LogP contribution in [0.2, 0.25) is 0 Å². The van der Waals surface area contributed by atoms with Gasteiger partial charge in [-0.2, -0.15) is 0 Å². The summed E-state index contributed by atoms with van der Waals surface area (Å²) in [7, 11) is -0.966. The maximum Gasteiger partial charge on any atom is 0.152 e. The van der Waals surface area contributed by atoms with Crippen molar-refractivity contribution in [2.45, 2.75) is 19.0 Å². The number of aromatic nitrogens is 1. The lowest BCUT2D eigenvalue weighted by molar-refractivity contribution is 0.600. The summed E-state index contributed by atoms with van der Waals surface area (Å²) in [5.41, 5.74) is 6.47. The van der Waals surface area contributed by atoms with E-state index in [9.17, 15) is 8.42 Å². The number of rotatable bonds is 3. The summed E-state index contributed by atoms with van der Waals surface area (Å²) < 4.78 is 22.8. The van der Waals surface area contributed by atoms with Crippen LogP contribution in [0.5, 0.6) is 0 Å². The summed E-state index contributed by atoms with van der Waals surface area (Å²) in [5.74, 6) is 1.30. The lowest BCUT2D eigenvalue weighted by Crippen LogP contribution is -2.33. The second-order valence-corrected chi connectivity index (χ2v) is 6.63. The number of hydrogen-bond acceptors (Lipinski definition) is 5. The molecule has 1 atom stereocenters. The van der Waals surface area contributed by atoms with Crippen molar-refractivity contribution in [3.8, 4) is 0 Å². The van der Waals surface area contributed by atoms with Gasteiger partial charge >= 0.3 is 0 Å². The molecule has 1 aliphatic rings. The van der Waals surface area contributed by atoms with E-state index in [4.69, 9.17) is 5.73 Å². The normalized spacial score (nSPS) is 22.6. The average Bonchev–Trinajstić information content (AvgIpc) is 2.69. The molecular formula is C11H17N3O2S. The van der Waals surface area contributed by atoms with Crippen molar-refractivity contribution >= 4 is 15.7 Å². The summed E-state index contributed by atoms with van der Waals surface area (Å²) in [6, 6.07) is 3.84. The Labute approximate surface area is 102 Å². The highest BCUT2D eigenvalue weighted by Gasteiger charge is 2.31. The smallest absolute Gasteiger partial charge is 0.152 e. The van der Waals surface area contributed by atoms with Crippen LogP contribution in [0.15, 0.2) is 18.3 Å². The molecule has 2 rings (SSSR count). The molecule has 6 heteroatoms. The van der Waals surface area contributed by atoms with E-state index in [0.717, 1.165) is 11.4 Å². The number of sulfone groups is 1. The highest BCUT2D eigenvalue weighted by molar-refractivity contribution is 7.91. The molecule has 1 fully saturated rings. The van der Waals surface area contributed by atoms with E-state index in [1.54, 1.807) is 6.20 Å². The fourth-order valence-electron chi connectivity index (χ4n) is 2.01. The highest BCUT2D eigenvalue weighted by atomic mass is 32.2. The Morgan fingerprint density at radius 3 is 2.76 bits per heavy atom. The van der Waals surface area contributed by atoms with Gasteiger partial charge in [-0.3, -0.25) is 0 Å². The molecule has 0 aromatic carbocycles. The van der Waals surface area contributed by atoms with Gasteiger partial charge in [0.15, 0.2) is 9.84 Å². The molecule has 2 N–H and O–H groups in total. The Kier molecular flexibility index (Phi) is 3.35. The summed E-state index contributed by atoms with van der Waals surface area (Å²) in [4.78, 5) is 6.23. The molecule has 1 aromatic heterocycles. The molecule has 1 aromatic rings. The van der Waals surface area contributed by atoms with Gasteiger partial charge in [-0.05, 0) is 18.1 Å². The van der Waals surface area contributed by atoms with Crippen LogP contribution in [-0.2, 0) is 16.4 Å². The van der Waals surface area contributed by atoms with Crippen LogP contribution in [-0.4, -0.2) is 38.0 Å². The lowest BCUT2D eigenvalue weighted by atomic mass is 10.2. The minimum absolute atomic E-state index is 0.0382. The van der Waals surface area contributed by atoms with Crippen molar-refractivity contribution in [2.24, 2.45) is 5.73 Å². The first-order valence-electron chi connectivity index (χ1n) is 5.60. The first-order chi connectivity index (χ1) is 8.02. The molecule has 17 heavy (non-hydrogen) atoms. The van der Waals surface area contributed by atoms with Crippen LogP contribution in [0.25, 0.3) is 0 Å². The number of anilines is 1. The molecular weight excluding hydrogens is 238 g/mol. The zero-order valence-corrected chi connectivity index (χ0v) is 10.7. The monoisotopic (exact) mass is 255 g/mol. The van der Waals surface area contributed by atoms with Gasteiger partial charge in [-0.25, -0.2) is 13.4 Å². The molecule has 0 saturated carbocycles. The topological polar surface area (TPSA) is 76.3 Å². The predicted molar refractivity (Wildman–Crippen MR) is 67.6 cm³/mol. The second kappa shape index (κ2) is 4.62. The van der Waals surface area contributed by atoms with Crippen LogP contribution in [0.4, 0.5) is 5.82 Å². The average molecular weight is 255 g/mol. The first kappa shape index (κ1) is 12.3. The van der Waals surface area contributed by atoms with Crippen molar-refractivity contribution < 1.29 is 8.42 Å². The summed E-state index contributed by atoms with van der Waals surface area (Å²) in [6.45, 7) is 0.467. The standard InChI is InChI=1S/C11H17N3O2S/c1-14(10-4-5-17(15,16)8-10)11-3-2-9(6-12)7-13-11/h2-3,7,10H,4-6,8,12H2,1H3. The summed E-state index contributed by atoms with van der Waals surface area (Å²) in [5, 5.41) is 0. The summed E-state index contributed by atoms with van der Waals surface area (Å²) >= 11 is 0. The second-order valence-electron chi connectivity index (χ2n) is 4.40.